The van der Waals surface area contributed by atoms with E-state index in [1.165, 1.54) is 6.07 Å². The summed E-state index contributed by atoms with van der Waals surface area (Å²) in [6.45, 7) is 4.01. The summed E-state index contributed by atoms with van der Waals surface area (Å²) in [4.78, 5) is 0. The minimum Gasteiger partial charge on any atom is -0.492 e. The van der Waals surface area contributed by atoms with E-state index in [9.17, 15) is 4.39 Å². The van der Waals surface area contributed by atoms with E-state index >= 15 is 0 Å². The number of benzene rings is 1. The summed E-state index contributed by atoms with van der Waals surface area (Å²) in [5.74, 6) is 0.448. The molecule has 3 heteroatoms. The first-order chi connectivity index (χ1) is 6.09. The number of hydrogen-bond donors (Lipinski definition) is 1. The van der Waals surface area contributed by atoms with Crippen molar-refractivity contribution in [3.8, 4) is 5.75 Å². The number of halogens is 1. The number of nitrogens with two attached hydrogens (primary N) is 1. The van der Waals surface area contributed by atoms with Crippen LogP contribution in [0.4, 0.5) is 4.39 Å². The first kappa shape index (κ1) is 9.99. The zero-order valence-corrected chi connectivity index (χ0v) is 7.88. The van der Waals surface area contributed by atoms with Crippen molar-refractivity contribution in [2.24, 2.45) is 5.73 Å². The van der Waals surface area contributed by atoms with Crippen LogP contribution in [0.3, 0.4) is 0 Å². The van der Waals surface area contributed by atoms with E-state index in [4.69, 9.17) is 10.5 Å². The first-order valence-corrected chi connectivity index (χ1v) is 4.24. The van der Waals surface area contributed by atoms with Crippen LogP contribution in [-0.4, -0.2) is 12.6 Å². The zero-order valence-electron chi connectivity index (χ0n) is 7.88. The highest BCUT2D eigenvalue weighted by Crippen LogP contribution is 2.15. The van der Waals surface area contributed by atoms with Crippen LogP contribution in [0.5, 0.6) is 5.75 Å². The molecule has 2 nitrogen and oxygen atoms in total. The third kappa shape index (κ3) is 3.03. The summed E-state index contributed by atoms with van der Waals surface area (Å²) in [6.07, 6.45) is 0. The maximum Gasteiger partial charge on any atom is 0.126 e. The molecule has 1 aromatic carbocycles. The number of hydrogen-bond acceptors (Lipinski definition) is 2. The molecule has 0 fully saturated rings. The molecule has 0 saturated heterocycles. The average Bonchev–Trinajstić information content (AvgIpc) is 2.07. The Hall–Kier alpha value is -1.09. The molecule has 0 radical (unpaired) electrons. The molecular weight excluding hydrogens is 169 g/mol. The van der Waals surface area contributed by atoms with Crippen molar-refractivity contribution in [2.75, 3.05) is 6.61 Å². The Morgan fingerprint density at radius 2 is 2.23 bits per heavy atom. The summed E-state index contributed by atoms with van der Waals surface area (Å²) in [5, 5.41) is 0. The van der Waals surface area contributed by atoms with Gasteiger partial charge in [0.05, 0.1) is 0 Å². The molecule has 0 aliphatic heterocycles. The molecule has 0 bridgehead atoms. The second kappa shape index (κ2) is 4.23. The molecule has 1 rings (SSSR count). The van der Waals surface area contributed by atoms with Crippen molar-refractivity contribution in [1.29, 1.82) is 0 Å². The number of ether oxygens (including phenoxy) is 1. The van der Waals surface area contributed by atoms with Crippen LogP contribution in [0.2, 0.25) is 0 Å². The normalized spacial score (nSPS) is 12.6. The van der Waals surface area contributed by atoms with Gasteiger partial charge < -0.3 is 10.5 Å². The van der Waals surface area contributed by atoms with Crippen molar-refractivity contribution in [3.05, 3.63) is 29.6 Å². The van der Waals surface area contributed by atoms with Crippen LogP contribution in [0.1, 0.15) is 12.5 Å². The van der Waals surface area contributed by atoms with Crippen molar-refractivity contribution >= 4 is 0 Å². The maximum atomic E-state index is 12.8. The lowest BCUT2D eigenvalue weighted by Gasteiger charge is -2.09. The van der Waals surface area contributed by atoms with E-state index in [2.05, 4.69) is 0 Å². The molecule has 0 saturated carbocycles. The number of rotatable bonds is 3. The quantitative estimate of drug-likeness (QED) is 0.776. The number of aryl methyl sites for hydroxylation is 1. The molecule has 72 valence electrons. The highest BCUT2D eigenvalue weighted by molar-refractivity contribution is 5.28. The van der Waals surface area contributed by atoms with Gasteiger partial charge in [-0.2, -0.15) is 0 Å². The van der Waals surface area contributed by atoms with Gasteiger partial charge >= 0.3 is 0 Å². The zero-order chi connectivity index (χ0) is 9.84. The van der Waals surface area contributed by atoms with Gasteiger partial charge in [-0.25, -0.2) is 4.39 Å². The summed E-state index contributed by atoms with van der Waals surface area (Å²) < 4.78 is 18.1. The molecule has 0 amide bonds. The Morgan fingerprint density at radius 1 is 1.54 bits per heavy atom. The fourth-order valence-electron chi connectivity index (χ4n) is 0.935. The predicted octanol–water partition coefficient (Wildman–Crippen LogP) is 1.86. The average molecular weight is 183 g/mol. The van der Waals surface area contributed by atoms with Gasteiger partial charge in [0.1, 0.15) is 18.2 Å². The smallest absolute Gasteiger partial charge is 0.126 e. The van der Waals surface area contributed by atoms with Crippen LogP contribution in [0.25, 0.3) is 0 Å². The van der Waals surface area contributed by atoms with E-state index in [0.29, 0.717) is 17.9 Å². The van der Waals surface area contributed by atoms with Crippen LogP contribution in [0.15, 0.2) is 18.2 Å². The van der Waals surface area contributed by atoms with E-state index < -0.39 is 0 Å². The second-order valence-corrected chi connectivity index (χ2v) is 3.20. The van der Waals surface area contributed by atoms with Crippen LogP contribution in [-0.2, 0) is 0 Å². The second-order valence-electron chi connectivity index (χ2n) is 3.20. The molecule has 0 heterocycles. The lowest BCUT2D eigenvalue weighted by molar-refractivity contribution is 0.295. The topological polar surface area (TPSA) is 35.2 Å². The van der Waals surface area contributed by atoms with Crippen molar-refractivity contribution < 1.29 is 9.13 Å². The third-order valence-corrected chi connectivity index (χ3v) is 1.64. The maximum absolute atomic E-state index is 12.8. The van der Waals surface area contributed by atoms with Gasteiger partial charge in [0.2, 0.25) is 0 Å². The minimum absolute atomic E-state index is 0.00893. The molecule has 0 aliphatic rings. The predicted molar refractivity (Wildman–Crippen MR) is 50.3 cm³/mol. The van der Waals surface area contributed by atoms with Crippen molar-refractivity contribution in [1.82, 2.24) is 0 Å². The van der Waals surface area contributed by atoms with E-state index in [-0.39, 0.29) is 11.9 Å². The highest BCUT2D eigenvalue weighted by atomic mass is 19.1. The third-order valence-electron chi connectivity index (χ3n) is 1.64. The lowest BCUT2D eigenvalue weighted by Crippen LogP contribution is -2.23. The Morgan fingerprint density at radius 3 is 2.77 bits per heavy atom. The van der Waals surface area contributed by atoms with Crippen LogP contribution >= 0.6 is 0 Å². The molecule has 1 aromatic rings. The first-order valence-electron chi connectivity index (χ1n) is 4.24. The van der Waals surface area contributed by atoms with E-state index in [0.717, 1.165) is 0 Å². The van der Waals surface area contributed by atoms with E-state index in [1.54, 1.807) is 19.1 Å². The van der Waals surface area contributed by atoms with Gasteiger partial charge in [-0.05, 0) is 37.6 Å². The standard InChI is InChI=1S/C10H14FNO/c1-7-5-9(3-4-10(7)11)13-6-8(2)12/h3-5,8H,6,12H2,1-2H3. The fourth-order valence-corrected chi connectivity index (χ4v) is 0.935. The van der Waals surface area contributed by atoms with Crippen molar-refractivity contribution in [2.45, 2.75) is 19.9 Å². The van der Waals surface area contributed by atoms with Gasteiger partial charge in [0.15, 0.2) is 0 Å². The Bertz CT molecular complexity index is 286. The van der Waals surface area contributed by atoms with Gasteiger partial charge in [-0.1, -0.05) is 0 Å². The largest absolute Gasteiger partial charge is 0.492 e. The van der Waals surface area contributed by atoms with Gasteiger partial charge in [0, 0.05) is 6.04 Å². The molecule has 0 aromatic heterocycles. The molecule has 0 spiro atoms. The monoisotopic (exact) mass is 183 g/mol. The summed E-state index contributed by atoms with van der Waals surface area (Å²) >= 11 is 0. The highest BCUT2D eigenvalue weighted by Gasteiger charge is 2.00. The molecule has 13 heavy (non-hydrogen) atoms. The van der Waals surface area contributed by atoms with Gasteiger partial charge in [-0.15, -0.1) is 0 Å². The SMILES string of the molecule is Cc1cc(OCC(C)N)ccc1F. The fraction of sp³-hybridized carbons (Fsp3) is 0.400. The minimum atomic E-state index is -0.215. The molecule has 1 unspecified atom stereocenters. The molecular formula is C10H14FNO. The summed E-state index contributed by atoms with van der Waals surface area (Å²) in [5.41, 5.74) is 6.09. The molecule has 2 N–H and O–H groups in total. The van der Waals surface area contributed by atoms with E-state index in [1.807, 2.05) is 6.92 Å². The lowest BCUT2D eigenvalue weighted by atomic mass is 10.2. The molecule has 1 atom stereocenters. The van der Waals surface area contributed by atoms with Gasteiger partial charge in [-0.3, -0.25) is 0 Å². The Balaban J connectivity index is 2.63. The Labute approximate surface area is 77.5 Å². The molecule has 0 aliphatic carbocycles. The van der Waals surface area contributed by atoms with Crippen LogP contribution in [0, 0.1) is 12.7 Å². The van der Waals surface area contributed by atoms with Gasteiger partial charge in [0.25, 0.3) is 0 Å². The van der Waals surface area contributed by atoms with Crippen molar-refractivity contribution in [3.63, 3.8) is 0 Å². The Kier molecular flexibility index (Phi) is 3.25. The summed E-state index contributed by atoms with van der Waals surface area (Å²) in [6, 6.07) is 4.65. The van der Waals surface area contributed by atoms with Crippen LogP contribution < -0.4 is 10.5 Å². The summed E-state index contributed by atoms with van der Waals surface area (Å²) in [7, 11) is 0.